The molecule has 24 heavy (non-hydrogen) atoms. The molecular formula is C14H13F3N4O3. The van der Waals surface area contributed by atoms with Crippen LogP contribution in [0.15, 0.2) is 28.8 Å². The molecule has 1 heterocycles. The summed E-state index contributed by atoms with van der Waals surface area (Å²) in [6.45, 7) is 1.91. The van der Waals surface area contributed by atoms with Gasteiger partial charge in [-0.1, -0.05) is 17.3 Å². The molecule has 128 valence electrons. The van der Waals surface area contributed by atoms with Crippen LogP contribution in [0.25, 0.3) is 11.4 Å². The van der Waals surface area contributed by atoms with Gasteiger partial charge in [0, 0.05) is 31.1 Å². The van der Waals surface area contributed by atoms with Crippen LogP contribution >= 0.6 is 0 Å². The Morgan fingerprint density at radius 1 is 1.12 bits per heavy atom. The third-order valence-electron chi connectivity index (χ3n) is 2.86. The third-order valence-corrected chi connectivity index (χ3v) is 2.86. The van der Waals surface area contributed by atoms with E-state index in [0.717, 1.165) is 0 Å². The van der Waals surface area contributed by atoms with Gasteiger partial charge in [-0.25, -0.2) is 0 Å². The maximum absolute atomic E-state index is 12.4. The molecule has 2 amide bonds. The van der Waals surface area contributed by atoms with Gasteiger partial charge in [-0.2, -0.15) is 18.2 Å². The molecule has 2 aromatic rings. The van der Waals surface area contributed by atoms with E-state index in [-0.39, 0.29) is 29.7 Å². The van der Waals surface area contributed by atoms with Crippen LogP contribution in [0.5, 0.6) is 0 Å². The lowest BCUT2D eigenvalue weighted by Gasteiger charge is -2.06. The fourth-order valence-electron chi connectivity index (χ4n) is 1.74. The molecule has 0 saturated carbocycles. The van der Waals surface area contributed by atoms with Crippen LogP contribution < -0.4 is 10.6 Å². The number of aromatic nitrogens is 2. The van der Waals surface area contributed by atoms with Crippen molar-refractivity contribution in [3.05, 3.63) is 35.7 Å². The van der Waals surface area contributed by atoms with Gasteiger partial charge in [-0.3, -0.25) is 9.59 Å². The topological polar surface area (TPSA) is 97.1 Å². The second kappa shape index (κ2) is 7.11. The second-order valence-electron chi connectivity index (χ2n) is 4.74. The zero-order valence-electron chi connectivity index (χ0n) is 12.5. The number of carbonyl (C=O) groups excluding carboxylic acids is 2. The fourth-order valence-corrected chi connectivity index (χ4v) is 1.74. The van der Waals surface area contributed by atoms with Crippen LogP contribution in [-0.4, -0.2) is 35.0 Å². The summed E-state index contributed by atoms with van der Waals surface area (Å²) in [6.07, 6.45) is -4.71. The fraction of sp³-hybridized carbons (Fsp3) is 0.286. The Kier molecular flexibility index (Phi) is 5.17. The molecule has 0 saturated heterocycles. The number of hydrogen-bond acceptors (Lipinski definition) is 5. The molecule has 10 heteroatoms. The summed E-state index contributed by atoms with van der Waals surface area (Å²) in [5.41, 5.74) is 0.588. The van der Waals surface area contributed by atoms with Crippen LogP contribution in [0, 0.1) is 0 Å². The Morgan fingerprint density at radius 2 is 1.75 bits per heavy atom. The van der Waals surface area contributed by atoms with Gasteiger partial charge in [0.25, 0.3) is 5.91 Å². The number of alkyl halides is 3. The van der Waals surface area contributed by atoms with Crippen molar-refractivity contribution in [1.82, 2.24) is 20.8 Å². The van der Waals surface area contributed by atoms with Crippen molar-refractivity contribution in [3.63, 3.8) is 0 Å². The number of benzene rings is 1. The van der Waals surface area contributed by atoms with Gasteiger partial charge in [0.2, 0.25) is 11.7 Å². The molecule has 0 aliphatic carbocycles. The third kappa shape index (κ3) is 4.54. The van der Waals surface area contributed by atoms with E-state index in [1.807, 2.05) is 0 Å². The molecule has 2 N–H and O–H groups in total. The van der Waals surface area contributed by atoms with Gasteiger partial charge in [-0.05, 0) is 12.1 Å². The van der Waals surface area contributed by atoms with Crippen LogP contribution in [-0.2, 0) is 11.0 Å². The Balaban J connectivity index is 1.98. The molecule has 0 unspecified atom stereocenters. The molecule has 0 radical (unpaired) electrons. The molecule has 0 spiro atoms. The number of carbonyl (C=O) groups is 2. The first-order chi connectivity index (χ1) is 11.3. The molecule has 1 aromatic carbocycles. The molecule has 0 aliphatic rings. The minimum absolute atomic E-state index is 0.202. The van der Waals surface area contributed by atoms with Crippen LogP contribution in [0.4, 0.5) is 13.2 Å². The molecule has 0 fully saturated rings. The zero-order valence-corrected chi connectivity index (χ0v) is 12.5. The first-order valence-corrected chi connectivity index (χ1v) is 6.81. The number of hydrogen-bond donors (Lipinski definition) is 2. The number of nitrogens with zero attached hydrogens (tertiary/aromatic N) is 2. The van der Waals surface area contributed by atoms with Crippen LogP contribution in [0.2, 0.25) is 0 Å². The summed E-state index contributed by atoms with van der Waals surface area (Å²) in [7, 11) is 0. The highest BCUT2D eigenvalue weighted by atomic mass is 19.4. The van der Waals surface area contributed by atoms with Gasteiger partial charge >= 0.3 is 12.1 Å². The van der Waals surface area contributed by atoms with Gasteiger partial charge in [-0.15, -0.1) is 0 Å². The van der Waals surface area contributed by atoms with Crippen molar-refractivity contribution in [3.8, 4) is 11.4 Å². The quantitative estimate of drug-likeness (QED) is 0.805. The van der Waals surface area contributed by atoms with E-state index in [1.165, 1.54) is 31.2 Å². The smallest absolute Gasteiger partial charge is 0.355 e. The lowest BCUT2D eigenvalue weighted by atomic mass is 10.1. The summed E-state index contributed by atoms with van der Waals surface area (Å²) in [5, 5.41) is 8.37. The summed E-state index contributed by atoms with van der Waals surface area (Å²) in [5.74, 6) is -2.24. The monoisotopic (exact) mass is 342 g/mol. The molecule has 1 aromatic heterocycles. The lowest BCUT2D eigenvalue weighted by molar-refractivity contribution is -0.159. The van der Waals surface area contributed by atoms with Crippen molar-refractivity contribution < 1.29 is 27.3 Å². The standard InChI is InChI=1S/C14H13F3N4O3/c1-8(22)18-6-7-19-12(23)10-4-2-9(3-5-10)11-20-13(24-21-11)14(15,16)17/h2-5H,6-7H2,1H3,(H,18,22)(H,19,23). The van der Waals surface area contributed by atoms with Gasteiger partial charge in [0.15, 0.2) is 0 Å². The van der Waals surface area contributed by atoms with E-state index in [0.29, 0.717) is 12.1 Å². The van der Waals surface area contributed by atoms with E-state index in [9.17, 15) is 22.8 Å². The average molecular weight is 342 g/mol. The Hall–Kier alpha value is -2.91. The highest BCUT2D eigenvalue weighted by Crippen LogP contribution is 2.29. The van der Waals surface area contributed by atoms with Crippen LogP contribution in [0.3, 0.4) is 0 Å². The molecule has 7 nitrogen and oxygen atoms in total. The van der Waals surface area contributed by atoms with Crippen molar-refractivity contribution in [2.45, 2.75) is 13.1 Å². The van der Waals surface area contributed by atoms with E-state index < -0.39 is 12.1 Å². The highest BCUT2D eigenvalue weighted by molar-refractivity contribution is 5.94. The number of amides is 2. The first kappa shape index (κ1) is 17.4. The molecule has 2 rings (SSSR count). The van der Waals surface area contributed by atoms with Crippen molar-refractivity contribution in [2.24, 2.45) is 0 Å². The van der Waals surface area contributed by atoms with Gasteiger partial charge in [0.05, 0.1) is 0 Å². The molecule has 0 aliphatic heterocycles. The maximum Gasteiger partial charge on any atom is 0.471 e. The summed E-state index contributed by atoms with van der Waals surface area (Å²) < 4.78 is 41.4. The minimum Gasteiger partial charge on any atom is -0.355 e. The number of rotatable bonds is 5. The number of nitrogens with one attached hydrogen (secondary N) is 2. The Labute approximate surface area is 134 Å². The predicted molar refractivity (Wildman–Crippen MR) is 75.8 cm³/mol. The summed E-state index contributed by atoms with van der Waals surface area (Å²) >= 11 is 0. The first-order valence-electron chi connectivity index (χ1n) is 6.81. The van der Waals surface area contributed by atoms with Crippen molar-refractivity contribution >= 4 is 11.8 Å². The minimum atomic E-state index is -4.71. The predicted octanol–water partition coefficient (Wildman–Crippen LogP) is 1.62. The maximum atomic E-state index is 12.4. The van der Waals surface area contributed by atoms with Gasteiger partial charge in [0.1, 0.15) is 0 Å². The van der Waals surface area contributed by atoms with E-state index in [1.54, 1.807) is 0 Å². The largest absolute Gasteiger partial charge is 0.471 e. The van der Waals surface area contributed by atoms with Gasteiger partial charge < -0.3 is 15.2 Å². The Bertz CT molecular complexity index is 726. The Morgan fingerprint density at radius 3 is 2.29 bits per heavy atom. The number of halogens is 3. The normalized spacial score (nSPS) is 11.2. The van der Waals surface area contributed by atoms with E-state index in [4.69, 9.17) is 0 Å². The second-order valence-corrected chi connectivity index (χ2v) is 4.74. The molecule has 0 bridgehead atoms. The zero-order chi connectivity index (χ0) is 17.7. The summed E-state index contributed by atoms with van der Waals surface area (Å²) in [6, 6.07) is 5.67. The van der Waals surface area contributed by atoms with Crippen molar-refractivity contribution in [1.29, 1.82) is 0 Å². The van der Waals surface area contributed by atoms with E-state index >= 15 is 0 Å². The van der Waals surface area contributed by atoms with Crippen molar-refractivity contribution in [2.75, 3.05) is 13.1 Å². The molecule has 0 atom stereocenters. The average Bonchev–Trinajstić information content (AvgIpc) is 3.01. The summed E-state index contributed by atoms with van der Waals surface area (Å²) in [4.78, 5) is 25.8. The lowest BCUT2D eigenvalue weighted by Crippen LogP contribution is -2.33. The highest BCUT2D eigenvalue weighted by Gasteiger charge is 2.38. The van der Waals surface area contributed by atoms with Crippen LogP contribution in [0.1, 0.15) is 23.2 Å². The van der Waals surface area contributed by atoms with E-state index in [2.05, 4.69) is 25.3 Å². The molecular weight excluding hydrogens is 329 g/mol. The SMILES string of the molecule is CC(=O)NCCNC(=O)c1ccc(-c2noc(C(F)(F)F)n2)cc1.